The van der Waals surface area contributed by atoms with Gasteiger partial charge in [-0.15, -0.1) is 0 Å². The lowest BCUT2D eigenvalue weighted by molar-refractivity contribution is 0.468. The zero-order valence-corrected chi connectivity index (χ0v) is 12.8. The summed E-state index contributed by atoms with van der Waals surface area (Å²) < 4.78 is 0.750. The first-order chi connectivity index (χ1) is 9.74. The SMILES string of the molecule is Oc1ccc(CNC(c2ccccc2)C2CC2)cc1Br. The Labute approximate surface area is 128 Å². The second kappa shape index (κ2) is 5.98. The molecule has 3 heteroatoms. The standard InChI is InChI=1S/C17H18BrNO/c18-15-10-12(6-9-16(15)20)11-19-17(14-7-8-14)13-4-2-1-3-5-13/h1-6,9-10,14,17,19-20H,7-8,11H2. The Balaban J connectivity index is 1.70. The fraction of sp³-hybridized carbons (Fsp3) is 0.294. The first-order valence-corrected chi connectivity index (χ1v) is 7.79. The van der Waals surface area contributed by atoms with Crippen molar-refractivity contribution in [3.8, 4) is 5.75 Å². The molecular weight excluding hydrogens is 314 g/mol. The molecular formula is C17H18BrNO. The number of halogens is 1. The van der Waals surface area contributed by atoms with Crippen LogP contribution in [0.4, 0.5) is 0 Å². The molecule has 1 unspecified atom stereocenters. The van der Waals surface area contributed by atoms with Gasteiger partial charge in [0.15, 0.2) is 0 Å². The summed E-state index contributed by atoms with van der Waals surface area (Å²) in [6.07, 6.45) is 2.62. The lowest BCUT2D eigenvalue weighted by atomic mass is 10.0. The highest BCUT2D eigenvalue weighted by Crippen LogP contribution is 2.41. The maximum absolute atomic E-state index is 9.53. The number of hydrogen-bond acceptors (Lipinski definition) is 2. The highest BCUT2D eigenvalue weighted by molar-refractivity contribution is 9.10. The van der Waals surface area contributed by atoms with Gasteiger partial charge in [0, 0.05) is 12.6 Å². The summed E-state index contributed by atoms with van der Waals surface area (Å²) in [4.78, 5) is 0. The third-order valence-corrected chi connectivity index (χ3v) is 4.43. The van der Waals surface area contributed by atoms with Crippen molar-refractivity contribution in [1.29, 1.82) is 0 Å². The third-order valence-electron chi connectivity index (χ3n) is 3.79. The van der Waals surface area contributed by atoms with Gasteiger partial charge < -0.3 is 10.4 Å². The van der Waals surface area contributed by atoms with Gasteiger partial charge >= 0.3 is 0 Å². The van der Waals surface area contributed by atoms with Crippen molar-refractivity contribution in [3.63, 3.8) is 0 Å². The van der Waals surface area contributed by atoms with E-state index in [1.807, 2.05) is 12.1 Å². The van der Waals surface area contributed by atoms with Crippen molar-refractivity contribution >= 4 is 15.9 Å². The summed E-state index contributed by atoms with van der Waals surface area (Å²) in [6.45, 7) is 0.814. The van der Waals surface area contributed by atoms with E-state index in [9.17, 15) is 5.11 Å². The molecule has 2 N–H and O–H groups in total. The van der Waals surface area contributed by atoms with Crippen LogP contribution in [0.3, 0.4) is 0 Å². The van der Waals surface area contributed by atoms with Gasteiger partial charge in [-0.05, 0) is 57.9 Å². The largest absolute Gasteiger partial charge is 0.507 e. The molecule has 2 aromatic carbocycles. The van der Waals surface area contributed by atoms with E-state index >= 15 is 0 Å². The Morgan fingerprint density at radius 2 is 1.90 bits per heavy atom. The topological polar surface area (TPSA) is 32.3 Å². The van der Waals surface area contributed by atoms with E-state index in [4.69, 9.17) is 0 Å². The van der Waals surface area contributed by atoms with Crippen molar-refractivity contribution in [1.82, 2.24) is 5.32 Å². The summed E-state index contributed by atoms with van der Waals surface area (Å²) >= 11 is 3.36. The molecule has 0 heterocycles. The minimum Gasteiger partial charge on any atom is -0.507 e. The van der Waals surface area contributed by atoms with Gasteiger partial charge in [-0.3, -0.25) is 0 Å². The minimum atomic E-state index is 0.288. The van der Waals surface area contributed by atoms with Gasteiger partial charge in [-0.1, -0.05) is 36.4 Å². The van der Waals surface area contributed by atoms with Crippen LogP contribution in [0, 0.1) is 5.92 Å². The predicted molar refractivity (Wildman–Crippen MR) is 84.6 cm³/mol. The zero-order chi connectivity index (χ0) is 13.9. The van der Waals surface area contributed by atoms with Crippen molar-refractivity contribution in [2.24, 2.45) is 5.92 Å². The molecule has 0 bridgehead atoms. The van der Waals surface area contributed by atoms with Crippen LogP contribution in [-0.2, 0) is 6.54 Å². The van der Waals surface area contributed by atoms with E-state index in [1.54, 1.807) is 6.07 Å². The summed E-state index contributed by atoms with van der Waals surface area (Å²) in [7, 11) is 0. The molecule has 104 valence electrons. The lowest BCUT2D eigenvalue weighted by Gasteiger charge is -2.19. The van der Waals surface area contributed by atoms with E-state index < -0.39 is 0 Å². The van der Waals surface area contributed by atoms with E-state index in [-0.39, 0.29) is 5.75 Å². The van der Waals surface area contributed by atoms with Crippen LogP contribution in [0.25, 0.3) is 0 Å². The molecule has 1 atom stereocenters. The fourth-order valence-corrected chi connectivity index (χ4v) is 2.96. The molecule has 3 rings (SSSR count). The van der Waals surface area contributed by atoms with E-state index in [0.29, 0.717) is 6.04 Å². The van der Waals surface area contributed by atoms with Crippen molar-refractivity contribution in [3.05, 3.63) is 64.1 Å². The van der Waals surface area contributed by atoms with Crippen LogP contribution in [0.5, 0.6) is 5.75 Å². The molecule has 2 nitrogen and oxygen atoms in total. The quantitative estimate of drug-likeness (QED) is 0.851. The molecule has 0 saturated heterocycles. The normalized spacial score (nSPS) is 16.1. The number of hydrogen-bond donors (Lipinski definition) is 2. The number of benzene rings is 2. The van der Waals surface area contributed by atoms with Gasteiger partial charge in [0.2, 0.25) is 0 Å². The van der Waals surface area contributed by atoms with E-state index in [0.717, 1.165) is 16.9 Å². The van der Waals surface area contributed by atoms with Crippen molar-refractivity contribution < 1.29 is 5.11 Å². The number of aromatic hydroxyl groups is 1. The van der Waals surface area contributed by atoms with Gasteiger partial charge in [0.1, 0.15) is 5.75 Å². The molecule has 20 heavy (non-hydrogen) atoms. The first-order valence-electron chi connectivity index (χ1n) is 7.00. The predicted octanol–water partition coefficient (Wildman–Crippen LogP) is 4.40. The molecule has 1 aliphatic rings. The molecule has 0 aromatic heterocycles. The van der Waals surface area contributed by atoms with Gasteiger partial charge in [-0.2, -0.15) is 0 Å². The van der Waals surface area contributed by atoms with Crippen LogP contribution in [0.2, 0.25) is 0 Å². The van der Waals surface area contributed by atoms with Gasteiger partial charge in [0.25, 0.3) is 0 Å². The molecule has 1 fully saturated rings. The average molecular weight is 332 g/mol. The minimum absolute atomic E-state index is 0.288. The number of phenols is 1. The Kier molecular flexibility index (Phi) is 4.08. The Bertz CT molecular complexity index is 581. The van der Waals surface area contributed by atoms with Crippen LogP contribution in [0.15, 0.2) is 53.0 Å². The molecule has 0 radical (unpaired) electrons. The molecule has 0 amide bonds. The van der Waals surface area contributed by atoms with E-state index in [1.165, 1.54) is 24.0 Å². The third kappa shape index (κ3) is 3.22. The number of nitrogens with one attached hydrogen (secondary N) is 1. The highest BCUT2D eigenvalue weighted by Gasteiger charge is 2.31. The summed E-state index contributed by atoms with van der Waals surface area (Å²) in [5.41, 5.74) is 2.55. The Morgan fingerprint density at radius 1 is 1.15 bits per heavy atom. The van der Waals surface area contributed by atoms with Gasteiger partial charge in [0.05, 0.1) is 4.47 Å². The van der Waals surface area contributed by atoms with Crippen molar-refractivity contribution in [2.75, 3.05) is 0 Å². The lowest BCUT2D eigenvalue weighted by Crippen LogP contribution is -2.22. The van der Waals surface area contributed by atoms with Crippen LogP contribution in [-0.4, -0.2) is 5.11 Å². The number of rotatable bonds is 5. The zero-order valence-electron chi connectivity index (χ0n) is 11.2. The van der Waals surface area contributed by atoms with Gasteiger partial charge in [-0.25, -0.2) is 0 Å². The summed E-state index contributed by atoms with van der Waals surface area (Å²) in [5, 5.41) is 13.2. The molecule has 0 spiro atoms. The summed E-state index contributed by atoms with van der Waals surface area (Å²) in [6, 6.07) is 16.8. The molecule has 0 aliphatic heterocycles. The first kappa shape index (κ1) is 13.7. The second-order valence-electron chi connectivity index (χ2n) is 5.39. The Hall–Kier alpha value is -1.32. The highest BCUT2D eigenvalue weighted by atomic mass is 79.9. The molecule has 2 aromatic rings. The summed E-state index contributed by atoms with van der Waals surface area (Å²) in [5.74, 6) is 1.05. The monoisotopic (exact) mass is 331 g/mol. The van der Waals surface area contributed by atoms with Crippen LogP contribution in [0.1, 0.15) is 30.0 Å². The van der Waals surface area contributed by atoms with Crippen molar-refractivity contribution in [2.45, 2.75) is 25.4 Å². The molecule has 1 saturated carbocycles. The van der Waals surface area contributed by atoms with Crippen LogP contribution < -0.4 is 5.32 Å². The second-order valence-corrected chi connectivity index (χ2v) is 6.25. The molecule has 1 aliphatic carbocycles. The maximum atomic E-state index is 9.53. The Morgan fingerprint density at radius 3 is 2.55 bits per heavy atom. The average Bonchev–Trinajstić information content (AvgIpc) is 3.29. The maximum Gasteiger partial charge on any atom is 0.129 e. The van der Waals surface area contributed by atoms with E-state index in [2.05, 4.69) is 51.6 Å². The van der Waals surface area contributed by atoms with Crippen LogP contribution >= 0.6 is 15.9 Å². The number of phenolic OH excluding ortho intramolecular Hbond substituents is 1. The smallest absolute Gasteiger partial charge is 0.129 e. The fourth-order valence-electron chi connectivity index (χ4n) is 2.53.